The highest BCUT2D eigenvalue weighted by Gasteiger charge is 1.81. The van der Waals surface area contributed by atoms with E-state index in [4.69, 9.17) is 1.37 Å². The predicted molar refractivity (Wildman–Crippen MR) is 37.9 cm³/mol. The van der Waals surface area contributed by atoms with Crippen molar-refractivity contribution in [1.29, 1.82) is 0 Å². The summed E-state index contributed by atoms with van der Waals surface area (Å²) in [7, 11) is 0. The zero-order valence-corrected chi connectivity index (χ0v) is 5.39. The van der Waals surface area contributed by atoms with E-state index in [1.165, 1.54) is 0 Å². The summed E-state index contributed by atoms with van der Waals surface area (Å²) in [5.41, 5.74) is 0.849. The molecule has 9 heavy (non-hydrogen) atoms. The number of allylic oxidation sites excluding steroid dienone is 1. The monoisotopic (exact) mass is 123 g/mol. The minimum absolute atomic E-state index is 0.310. The number of aromatic amines is 1. The zero-order valence-electron chi connectivity index (χ0n) is 6.39. The van der Waals surface area contributed by atoms with Crippen LogP contribution >= 0.6 is 0 Å². The molecule has 0 bridgehead atoms. The summed E-state index contributed by atoms with van der Waals surface area (Å²) in [6.45, 7) is 2.06. The fraction of sp³-hybridized carbons (Fsp3) is 0.286. The third-order valence-corrected chi connectivity index (χ3v) is 1.00. The molecule has 0 aliphatic carbocycles. The van der Waals surface area contributed by atoms with Crippen molar-refractivity contribution in [3.63, 3.8) is 0 Å². The van der Waals surface area contributed by atoms with Crippen molar-refractivity contribution >= 4 is 6.08 Å². The molecule has 0 aliphatic rings. The van der Waals surface area contributed by atoms with Gasteiger partial charge in [-0.1, -0.05) is 19.1 Å². The van der Waals surface area contributed by atoms with E-state index in [1.807, 2.05) is 12.2 Å². The molecule has 1 N–H and O–H groups in total. The Hall–Kier alpha value is -1.05. The Morgan fingerprint density at radius 1 is 2.00 bits per heavy atom. The Labute approximate surface area is 56.0 Å². The van der Waals surface area contributed by atoms with Crippen LogP contribution in [0.3, 0.4) is 0 Å². The van der Waals surface area contributed by atoms with Crippen molar-refractivity contribution in [1.82, 2.24) is 10.2 Å². The van der Waals surface area contributed by atoms with Crippen molar-refractivity contribution in [3.8, 4) is 0 Å². The molecule has 0 atom stereocenters. The van der Waals surface area contributed by atoms with Crippen LogP contribution in [0.5, 0.6) is 0 Å². The molecule has 48 valence electrons. The summed E-state index contributed by atoms with van der Waals surface area (Å²) in [6, 6.07) is 0. The summed E-state index contributed by atoms with van der Waals surface area (Å²) in [6.07, 6.45) is 6.91. The lowest BCUT2D eigenvalue weighted by Crippen LogP contribution is -1.58. The van der Waals surface area contributed by atoms with Gasteiger partial charge in [-0.05, 0) is 6.42 Å². The number of H-pyrrole nitrogens is 1. The van der Waals surface area contributed by atoms with Crippen LogP contribution < -0.4 is 0 Å². The number of hydrogen-bond acceptors (Lipinski definition) is 1. The maximum Gasteiger partial charge on any atom is 0.0866 e. The molecule has 0 aliphatic heterocycles. The van der Waals surface area contributed by atoms with E-state index in [2.05, 4.69) is 17.1 Å². The lowest BCUT2D eigenvalue weighted by atomic mass is 10.3. The van der Waals surface area contributed by atoms with Gasteiger partial charge in [0.15, 0.2) is 0 Å². The standard InChI is InChI=1S/C7H10N2/c1-2-3-4-7-5-8-9-6-7/h3-6H,2H2,1H3,(H,8,9)/i5D. The van der Waals surface area contributed by atoms with Crippen molar-refractivity contribution in [2.24, 2.45) is 0 Å². The molecule has 0 saturated heterocycles. The molecule has 2 nitrogen and oxygen atoms in total. The Kier molecular flexibility index (Phi) is 1.64. The first-order chi connectivity index (χ1) is 4.84. The summed E-state index contributed by atoms with van der Waals surface area (Å²) >= 11 is 0. The lowest BCUT2D eigenvalue weighted by molar-refractivity contribution is 1.09. The molecule has 0 amide bonds. The first-order valence-corrected chi connectivity index (χ1v) is 3.01. The van der Waals surface area contributed by atoms with Crippen LogP contribution in [-0.4, -0.2) is 10.2 Å². The van der Waals surface area contributed by atoms with Crippen molar-refractivity contribution in [3.05, 3.63) is 24.0 Å². The second kappa shape index (κ2) is 3.07. The number of nitrogens with one attached hydrogen (secondary N) is 1. The maximum absolute atomic E-state index is 7.24. The lowest BCUT2D eigenvalue weighted by Gasteiger charge is -1.77. The molecule has 1 aromatic heterocycles. The van der Waals surface area contributed by atoms with E-state index in [0.29, 0.717) is 6.17 Å². The number of rotatable bonds is 2. The van der Waals surface area contributed by atoms with Gasteiger partial charge in [0.05, 0.1) is 7.54 Å². The zero-order chi connectivity index (χ0) is 7.40. The van der Waals surface area contributed by atoms with E-state index in [1.54, 1.807) is 6.20 Å². The Bertz CT molecular complexity index is 227. The van der Waals surface area contributed by atoms with Crippen LogP contribution in [0, 0.1) is 0 Å². The second-order valence-electron chi connectivity index (χ2n) is 1.76. The highest BCUT2D eigenvalue weighted by molar-refractivity contribution is 5.45. The van der Waals surface area contributed by atoms with Crippen LogP contribution in [0.4, 0.5) is 0 Å². The first-order valence-electron chi connectivity index (χ1n) is 3.51. The largest absolute Gasteiger partial charge is 0.285 e. The van der Waals surface area contributed by atoms with Gasteiger partial charge in [0, 0.05) is 11.8 Å². The molecule has 0 saturated carbocycles. The van der Waals surface area contributed by atoms with Crippen LogP contribution in [0.25, 0.3) is 6.08 Å². The van der Waals surface area contributed by atoms with Crippen LogP contribution in [0.1, 0.15) is 20.3 Å². The molecule has 1 aromatic rings. The first kappa shape index (κ1) is 4.79. The van der Waals surface area contributed by atoms with Gasteiger partial charge in [0.2, 0.25) is 0 Å². The van der Waals surface area contributed by atoms with Gasteiger partial charge in [0.25, 0.3) is 0 Å². The molecule has 0 radical (unpaired) electrons. The SMILES string of the molecule is [2H]c1n[nH]cc1C=CCC. The van der Waals surface area contributed by atoms with Crippen molar-refractivity contribution in [2.75, 3.05) is 0 Å². The molecule has 1 rings (SSSR count). The van der Waals surface area contributed by atoms with E-state index >= 15 is 0 Å². The molecular weight excluding hydrogens is 112 g/mol. The molecule has 0 spiro atoms. The molecule has 0 fully saturated rings. The molecule has 1 heterocycles. The minimum Gasteiger partial charge on any atom is -0.285 e. The molecule has 2 heteroatoms. The van der Waals surface area contributed by atoms with Crippen LogP contribution in [-0.2, 0) is 0 Å². The molecule has 0 aromatic carbocycles. The Balaban J connectivity index is 2.74. The van der Waals surface area contributed by atoms with E-state index < -0.39 is 0 Å². The maximum atomic E-state index is 7.24. The number of aromatic nitrogens is 2. The van der Waals surface area contributed by atoms with Gasteiger partial charge in [-0.15, -0.1) is 0 Å². The smallest absolute Gasteiger partial charge is 0.0866 e. The summed E-state index contributed by atoms with van der Waals surface area (Å²) in [4.78, 5) is 0. The fourth-order valence-corrected chi connectivity index (χ4v) is 0.561. The normalized spacial score (nSPS) is 12.3. The Morgan fingerprint density at radius 3 is 3.44 bits per heavy atom. The van der Waals surface area contributed by atoms with Crippen LogP contribution in [0.2, 0.25) is 0 Å². The topological polar surface area (TPSA) is 28.7 Å². The van der Waals surface area contributed by atoms with E-state index in [9.17, 15) is 0 Å². The average molecular weight is 123 g/mol. The third-order valence-electron chi connectivity index (χ3n) is 1.00. The fourth-order valence-electron chi connectivity index (χ4n) is 0.561. The second-order valence-corrected chi connectivity index (χ2v) is 1.76. The number of nitrogens with zero attached hydrogens (tertiary/aromatic N) is 1. The van der Waals surface area contributed by atoms with E-state index in [-0.39, 0.29) is 0 Å². The van der Waals surface area contributed by atoms with Gasteiger partial charge in [-0.2, -0.15) is 5.10 Å². The van der Waals surface area contributed by atoms with Gasteiger partial charge < -0.3 is 0 Å². The van der Waals surface area contributed by atoms with Crippen LogP contribution in [0.15, 0.2) is 18.4 Å². The van der Waals surface area contributed by atoms with Crippen molar-refractivity contribution in [2.45, 2.75) is 13.3 Å². The van der Waals surface area contributed by atoms with Gasteiger partial charge >= 0.3 is 0 Å². The number of hydrogen-bond donors (Lipinski definition) is 1. The van der Waals surface area contributed by atoms with Gasteiger partial charge in [-0.3, -0.25) is 5.10 Å². The van der Waals surface area contributed by atoms with Crippen molar-refractivity contribution < 1.29 is 1.37 Å². The highest BCUT2D eigenvalue weighted by Crippen LogP contribution is 1.96. The van der Waals surface area contributed by atoms with Gasteiger partial charge in [0.1, 0.15) is 0 Å². The van der Waals surface area contributed by atoms with Gasteiger partial charge in [-0.25, -0.2) is 0 Å². The summed E-state index contributed by atoms with van der Waals surface area (Å²) < 4.78 is 7.24. The average Bonchev–Trinajstić information content (AvgIpc) is 2.31. The molecule has 0 unspecified atom stereocenters. The summed E-state index contributed by atoms with van der Waals surface area (Å²) in [5.74, 6) is 0. The van der Waals surface area contributed by atoms with E-state index in [0.717, 1.165) is 12.0 Å². The third kappa shape index (κ3) is 1.72. The highest BCUT2D eigenvalue weighted by atomic mass is 15.1. The quantitative estimate of drug-likeness (QED) is 0.638. The summed E-state index contributed by atoms with van der Waals surface area (Å²) in [5, 5.41) is 6.28. The minimum atomic E-state index is 0.310. The Morgan fingerprint density at radius 2 is 2.89 bits per heavy atom. The molecular formula is C7H10N2. The predicted octanol–water partition coefficient (Wildman–Crippen LogP) is 1.83.